The molecule has 1 aliphatic heterocycles. The Morgan fingerprint density at radius 2 is 2.00 bits per heavy atom. The van der Waals surface area contributed by atoms with Gasteiger partial charge in [-0.2, -0.15) is 5.01 Å². The van der Waals surface area contributed by atoms with E-state index in [1.165, 1.54) is 0 Å². The van der Waals surface area contributed by atoms with Gasteiger partial charge in [0.2, 0.25) is 10.4 Å². The summed E-state index contributed by atoms with van der Waals surface area (Å²) in [5.41, 5.74) is 0.630. The maximum absolute atomic E-state index is 12.0. The van der Waals surface area contributed by atoms with Crippen LogP contribution in [0, 0.1) is 0 Å². The van der Waals surface area contributed by atoms with E-state index in [1.807, 2.05) is 18.2 Å². The minimum atomic E-state index is -0.332. The van der Waals surface area contributed by atoms with Crippen LogP contribution in [0.25, 0.3) is 0 Å². The lowest BCUT2D eigenvalue weighted by atomic mass is 10.2. The van der Waals surface area contributed by atoms with E-state index in [2.05, 4.69) is 34.0 Å². The summed E-state index contributed by atoms with van der Waals surface area (Å²) in [5.74, 6) is 0.221. The summed E-state index contributed by atoms with van der Waals surface area (Å²) in [6.07, 6.45) is 1.78. The molecule has 0 N–H and O–H groups in total. The van der Waals surface area contributed by atoms with Gasteiger partial charge in [-0.25, -0.2) is 4.99 Å². The molecule has 9 heteroatoms. The Bertz CT molecular complexity index is 801. The number of thioether (sulfide) groups is 1. The second-order valence-electron chi connectivity index (χ2n) is 6.80. The molecular weight excluding hydrogens is 378 g/mol. The number of aliphatic imine (C=N–C) groups is 1. The maximum Gasteiger partial charge on any atom is 0.324 e. The molecule has 1 aromatic heterocycles. The molecule has 8 nitrogen and oxygen atoms in total. The fraction of sp³-hybridized carbons (Fsp3) is 0.474. The highest BCUT2D eigenvalue weighted by atomic mass is 32.2. The molecule has 150 valence electrons. The van der Waals surface area contributed by atoms with E-state index in [4.69, 9.17) is 4.52 Å². The standard InChI is InChI=1S/C19H25N5O3S/c1-15(2)22-9-11-23(12-10-22)24-14-18(27-21-24)20-17(25)8-13-28-19(26)16-6-4-3-5-7-16/h3-7,14-15H,8-13H2,1-2H3. The first-order chi connectivity index (χ1) is 13.5. The number of rotatable bonds is 7. The van der Waals surface area contributed by atoms with Gasteiger partial charge in [-0.3, -0.25) is 14.2 Å². The zero-order chi connectivity index (χ0) is 19.9. The Balaban J connectivity index is 1.47. The van der Waals surface area contributed by atoms with Gasteiger partial charge in [-0.15, -0.1) is 0 Å². The summed E-state index contributed by atoms with van der Waals surface area (Å²) in [6.45, 7) is 7.95. The maximum atomic E-state index is 12.0. The van der Waals surface area contributed by atoms with Crippen molar-refractivity contribution in [3.63, 3.8) is 0 Å². The van der Waals surface area contributed by atoms with Crippen molar-refractivity contribution in [1.82, 2.24) is 10.2 Å². The third kappa shape index (κ3) is 5.56. The minimum absolute atomic E-state index is 0.0496. The lowest BCUT2D eigenvalue weighted by molar-refractivity contribution is -0.759. The molecule has 0 saturated carbocycles. The number of aromatic nitrogens is 2. The molecule has 2 aromatic rings. The summed E-state index contributed by atoms with van der Waals surface area (Å²) in [4.78, 5) is 20.0. The molecule has 0 amide bonds. The summed E-state index contributed by atoms with van der Waals surface area (Å²) >= 11 is 1.11. The van der Waals surface area contributed by atoms with Crippen LogP contribution < -0.4 is 14.9 Å². The van der Waals surface area contributed by atoms with Crippen molar-refractivity contribution in [3.05, 3.63) is 42.1 Å². The number of carbonyl (C=O) groups is 1. The van der Waals surface area contributed by atoms with Gasteiger partial charge < -0.3 is 5.11 Å². The van der Waals surface area contributed by atoms with Gasteiger partial charge >= 0.3 is 5.88 Å². The van der Waals surface area contributed by atoms with Gasteiger partial charge in [-0.1, -0.05) is 42.1 Å². The molecule has 0 spiro atoms. The summed E-state index contributed by atoms with van der Waals surface area (Å²) in [5, 5.41) is 18.0. The monoisotopic (exact) mass is 403 g/mol. The molecule has 0 bridgehead atoms. The number of piperazine rings is 1. The largest absolute Gasteiger partial charge is 0.862 e. The van der Waals surface area contributed by atoms with Crippen LogP contribution in [0.2, 0.25) is 0 Å². The van der Waals surface area contributed by atoms with E-state index in [0.717, 1.165) is 37.9 Å². The van der Waals surface area contributed by atoms with Gasteiger partial charge in [0.05, 0.1) is 17.9 Å². The first kappa shape index (κ1) is 20.3. The fourth-order valence-corrected chi connectivity index (χ4v) is 3.68. The SMILES string of the molecule is CC(C)N1CCN([n+]2cc(N=C([O-])CCSC(=O)c3ccccc3)on2)CC1. The molecule has 3 rings (SSSR count). The van der Waals surface area contributed by atoms with Crippen molar-refractivity contribution in [2.45, 2.75) is 26.3 Å². The van der Waals surface area contributed by atoms with E-state index in [0.29, 0.717) is 17.4 Å². The second kappa shape index (κ2) is 9.70. The molecule has 0 atom stereocenters. The van der Waals surface area contributed by atoms with Crippen LogP contribution >= 0.6 is 11.8 Å². The molecule has 1 saturated heterocycles. The Labute approximate surface area is 168 Å². The third-order valence-electron chi connectivity index (χ3n) is 4.55. The number of nitrogens with zero attached hydrogens (tertiary/aromatic N) is 5. The highest BCUT2D eigenvalue weighted by Gasteiger charge is 2.26. The number of benzene rings is 1. The smallest absolute Gasteiger partial charge is 0.324 e. The van der Waals surface area contributed by atoms with Crippen molar-refractivity contribution in [2.75, 3.05) is 36.9 Å². The quantitative estimate of drug-likeness (QED) is 0.387. The van der Waals surface area contributed by atoms with E-state index in [-0.39, 0.29) is 23.3 Å². The minimum Gasteiger partial charge on any atom is -0.862 e. The van der Waals surface area contributed by atoms with E-state index in [9.17, 15) is 9.90 Å². The van der Waals surface area contributed by atoms with Crippen molar-refractivity contribution in [3.8, 4) is 0 Å². The van der Waals surface area contributed by atoms with Gasteiger partial charge in [0.1, 0.15) is 0 Å². The summed E-state index contributed by atoms with van der Waals surface area (Å²) in [6, 6.07) is 9.54. The molecule has 2 heterocycles. The van der Waals surface area contributed by atoms with Crippen LogP contribution in [0.15, 0.2) is 46.0 Å². The Morgan fingerprint density at radius 3 is 2.68 bits per heavy atom. The Hall–Kier alpha value is -2.39. The van der Waals surface area contributed by atoms with Crippen molar-refractivity contribution < 1.29 is 19.2 Å². The molecule has 28 heavy (non-hydrogen) atoms. The third-order valence-corrected chi connectivity index (χ3v) is 5.45. The van der Waals surface area contributed by atoms with Crippen LogP contribution in [-0.4, -0.2) is 59.2 Å². The molecular formula is C19H25N5O3S. The van der Waals surface area contributed by atoms with Gasteiger partial charge in [0, 0.05) is 30.4 Å². The van der Waals surface area contributed by atoms with E-state index in [1.54, 1.807) is 23.1 Å². The average molecular weight is 404 g/mol. The lowest BCUT2D eigenvalue weighted by Crippen LogP contribution is -2.65. The van der Waals surface area contributed by atoms with Gasteiger partial charge in [0.25, 0.3) is 6.20 Å². The predicted octanol–water partition coefficient (Wildman–Crippen LogP) is 0.978. The van der Waals surface area contributed by atoms with Gasteiger partial charge in [-0.05, 0) is 26.2 Å². The molecule has 0 aliphatic carbocycles. The summed E-state index contributed by atoms with van der Waals surface area (Å²) in [7, 11) is 0. The topological polar surface area (TPSA) is 88.9 Å². The summed E-state index contributed by atoms with van der Waals surface area (Å²) < 4.78 is 5.16. The molecule has 0 unspecified atom stereocenters. The second-order valence-corrected chi connectivity index (χ2v) is 7.87. The van der Waals surface area contributed by atoms with Crippen molar-refractivity contribution in [2.24, 2.45) is 4.99 Å². The average Bonchev–Trinajstić information content (AvgIpc) is 3.17. The van der Waals surface area contributed by atoms with Crippen molar-refractivity contribution >= 4 is 28.7 Å². The van der Waals surface area contributed by atoms with E-state index >= 15 is 0 Å². The number of hydrogen-bond donors (Lipinski definition) is 0. The molecule has 1 aromatic carbocycles. The fourth-order valence-electron chi connectivity index (χ4n) is 2.91. The Morgan fingerprint density at radius 1 is 1.29 bits per heavy atom. The van der Waals surface area contributed by atoms with Crippen LogP contribution in [0.4, 0.5) is 5.88 Å². The zero-order valence-electron chi connectivity index (χ0n) is 16.2. The predicted molar refractivity (Wildman–Crippen MR) is 106 cm³/mol. The number of hydrogen-bond acceptors (Lipinski definition) is 8. The molecule has 1 aliphatic rings. The number of carbonyl (C=O) groups excluding carboxylic acids is 1. The Kier molecular flexibility index (Phi) is 7.05. The van der Waals surface area contributed by atoms with Crippen LogP contribution in [-0.2, 0) is 0 Å². The normalized spacial score (nSPS) is 16.0. The van der Waals surface area contributed by atoms with Crippen LogP contribution in [0.5, 0.6) is 0 Å². The molecule has 1 fully saturated rings. The highest BCUT2D eigenvalue weighted by molar-refractivity contribution is 8.14. The lowest BCUT2D eigenvalue weighted by Gasteiger charge is -2.32. The first-order valence-electron chi connectivity index (χ1n) is 9.37. The first-order valence-corrected chi connectivity index (χ1v) is 10.4. The highest BCUT2D eigenvalue weighted by Crippen LogP contribution is 2.14. The van der Waals surface area contributed by atoms with Gasteiger partial charge in [0.15, 0.2) is 0 Å². The van der Waals surface area contributed by atoms with Crippen LogP contribution in [0.3, 0.4) is 0 Å². The van der Waals surface area contributed by atoms with Crippen LogP contribution in [0.1, 0.15) is 30.6 Å². The zero-order valence-corrected chi connectivity index (χ0v) is 17.0. The van der Waals surface area contributed by atoms with Crippen molar-refractivity contribution in [1.29, 1.82) is 0 Å². The van der Waals surface area contributed by atoms with E-state index < -0.39 is 0 Å². The molecule has 0 radical (unpaired) electrons.